The van der Waals surface area contributed by atoms with Gasteiger partial charge in [-0.25, -0.2) is 13.1 Å². The van der Waals surface area contributed by atoms with Crippen molar-refractivity contribution in [3.05, 3.63) is 58.6 Å². The van der Waals surface area contributed by atoms with Gasteiger partial charge in [0.2, 0.25) is 15.9 Å². The van der Waals surface area contributed by atoms with Crippen LogP contribution < -0.4 is 10.0 Å². The number of benzene rings is 2. The topological polar surface area (TPSA) is 75.3 Å². The predicted octanol–water partition coefficient (Wildman–Crippen LogP) is 5.54. The molecule has 1 saturated carbocycles. The number of hydrogen-bond donors (Lipinski definition) is 2. The largest absolute Gasteiger partial charge is 0.418 e. The maximum atomic E-state index is 13.1. The van der Waals surface area contributed by atoms with Crippen molar-refractivity contribution in [3.8, 4) is 0 Å². The van der Waals surface area contributed by atoms with Gasteiger partial charge in [0, 0.05) is 17.5 Å². The van der Waals surface area contributed by atoms with Crippen LogP contribution in [-0.4, -0.2) is 20.4 Å². The van der Waals surface area contributed by atoms with Gasteiger partial charge in [-0.2, -0.15) is 13.2 Å². The van der Waals surface area contributed by atoms with Crippen LogP contribution in [0.2, 0.25) is 5.02 Å². The molecule has 10 heteroatoms. The Kier molecular flexibility index (Phi) is 7.84. The zero-order chi connectivity index (χ0) is 23.4. The molecule has 2 N–H and O–H groups in total. The molecule has 0 atom stereocenters. The molecule has 32 heavy (non-hydrogen) atoms. The minimum atomic E-state index is -4.65. The van der Waals surface area contributed by atoms with Crippen molar-refractivity contribution in [2.24, 2.45) is 0 Å². The number of hydrogen-bond acceptors (Lipinski definition) is 3. The average molecular weight is 489 g/mol. The molecular formula is C22H24ClF3N2O3S. The molecule has 5 nitrogen and oxygen atoms in total. The molecule has 1 fully saturated rings. The second kappa shape index (κ2) is 10.2. The van der Waals surface area contributed by atoms with E-state index in [1.165, 1.54) is 18.2 Å². The summed E-state index contributed by atoms with van der Waals surface area (Å²) in [5, 5.41) is 2.19. The summed E-state index contributed by atoms with van der Waals surface area (Å²) in [4.78, 5) is 12.3. The Labute approximate surface area is 190 Å². The Hall–Kier alpha value is -2.10. The predicted molar refractivity (Wildman–Crippen MR) is 117 cm³/mol. The van der Waals surface area contributed by atoms with E-state index in [2.05, 4.69) is 10.0 Å². The van der Waals surface area contributed by atoms with Crippen LogP contribution in [0.4, 0.5) is 18.9 Å². The van der Waals surface area contributed by atoms with E-state index in [0.717, 1.165) is 44.2 Å². The van der Waals surface area contributed by atoms with Gasteiger partial charge in [0.1, 0.15) is 0 Å². The normalized spacial score (nSPS) is 15.5. The summed E-state index contributed by atoms with van der Waals surface area (Å²) < 4.78 is 67.3. The number of carbonyl (C=O) groups is 1. The molecule has 2 aromatic rings. The number of rotatable bonds is 7. The van der Waals surface area contributed by atoms with Crippen LogP contribution in [0, 0.1) is 0 Å². The van der Waals surface area contributed by atoms with Gasteiger partial charge in [-0.15, -0.1) is 0 Å². The number of carbonyl (C=O) groups excluding carboxylic acids is 1. The van der Waals surface area contributed by atoms with E-state index in [-0.39, 0.29) is 34.5 Å². The van der Waals surface area contributed by atoms with Gasteiger partial charge in [-0.1, -0.05) is 43.0 Å². The Morgan fingerprint density at radius 1 is 1.03 bits per heavy atom. The summed E-state index contributed by atoms with van der Waals surface area (Å²) in [7, 11) is -3.62. The van der Waals surface area contributed by atoms with Crippen molar-refractivity contribution in [3.63, 3.8) is 0 Å². The lowest BCUT2D eigenvalue weighted by Crippen LogP contribution is -2.36. The standard InChI is InChI=1S/C22H24ClF3N2O3S/c23-16-9-12-20(19(14-16)22(24,25)26)27-21(29)13-8-15-6-10-18(11-7-15)32(30,31)28-17-4-2-1-3-5-17/h6-7,9-12,14,17,28H,1-5,8,13H2,(H,27,29). The molecule has 0 saturated heterocycles. The molecule has 3 rings (SSSR count). The molecular weight excluding hydrogens is 465 g/mol. The number of amides is 1. The summed E-state index contributed by atoms with van der Waals surface area (Å²) in [5.74, 6) is -0.589. The third-order valence-corrected chi connectivity index (χ3v) is 7.13. The Morgan fingerprint density at radius 2 is 1.69 bits per heavy atom. The number of anilines is 1. The van der Waals surface area contributed by atoms with Gasteiger partial charge in [-0.05, 0) is 55.2 Å². The molecule has 174 valence electrons. The lowest BCUT2D eigenvalue weighted by atomic mass is 9.96. The highest BCUT2D eigenvalue weighted by molar-refractivity contribution is 7.89. The fourth-order valence-corrected chi connectivity index (χ4v) is 5.15. The third-order valence-electron chi connectivity index (χ3n) is 5.36. The number of halogens is 4. The van der Waals surface area contributed by atoms with Gasteiger partial charge in [-0.3, -0.25) is 4.79 Å². The Balaban J connectivity index is 1.58. The fourth-order valence-electron chi connectivity index (χ4n) is 3.67. The fraction of sp³-hybridized carbons (Fsp3) is 0.409. The van der Waals surface area contributed by atoms with Crippen molar-refractivity contribution >= 4 is 33.2 Å². The maximum absolute atomic E-state index is 13.1. The number of sulfonamides is 1. The molecule has 0 aliphatic heterocycles. The average Bonchev–Trinajstić information content (AvgIpc) is 2.73. The van der Waals surface area contributed by atoms with Crippen LogP contribution in [0.5, 0.6) is 0 Å². The first kappa shape index (κ1) is 24.5. The van der Waals surface area contributed by atoms with Crippen molar-refractivity contribution in [2.45, 2.75) is 62.1 Å². The summed E-state index contributed by atoms with van der Waals surface area (Å²) in [6.45, 7) is 0. The van der Waals surface area contributed by atoms with E-state index in [0.29, 0.717) is 5.56 Å². The van der Waals surface area contributed by atoms with Crippen molar-refractivity contribution in [1.82, 2.24) is 4.72 Å². The minimum absolute atomic E-state index is 0.0495. The van der Waals surface area contributed by atoms with E-state index in [1.54, 1.807) is 12.1 Å². The molecule has 0 heterocycles. The Morgan fingerprint density at radius 3 is 2.31 bits per heavy atom. The first-order valence-corrected chi connectivity index (χ1v) is 12.2. The van der Waals surface area contributed by atoms with Gasteiger partial charge in [0.05, 0.1) is 16.1 Å². The van der Waals surface area contributed by atoms with Crippen molar-refractivity contribution in [2.75, 3.05) is 5.32 Å². The van der Waals surface area contributed by atoms with Crippen LogP contribution in [-0.2, 0) is 27.4 Å². The molecule has 0 unspecified atom stereocenters. The SMILES string of the molecule is O=C(CCc1ccc(S(=O)(=O)NC2CCCCC2)cc1)Nc1ccc(Cl)cc1C(F)(F)F. The van der Waals surface area contributed by atoms with Crippen LogP contribution >= 0.6 is 11.6 Å². The summed E-state index contributed by atoms with van der Waals surface area (Å²) in [5.41, 5.74) is -0.676. The molecule has 0 spiro atoms. The van der Waals surface area contributed by atoms with Crippen LogP contribution in [0.1, 0.15) is 49.7 Å². The lowest BCUT2D eigenvalue weighted by molar-refractivity contribution is -0.137. The first-order chi connectivity index (χ1) is 15.0. The van der Waals surface area contributed by atoms with Crippen LogP contribution in [0.3, 0.4) is 0 Å². The first-order valence-electron chi connectivity index (χ1n) is 10.3. The highest BCUT2D eigenvalue weighted by atomic mass is 35.5. The zero-order valence-electron chi connectivity index (χ0n) is 17.2. The smallest absolute Gasteiger partial charge is 0.325 e. The monoisotopic (exact) mass is 488 g/mol. The number of aryl methyl sites for hydroxylation is 1. The molecule has 0 bridgehead atoms. The summed E-state index contributed by atoms with van der Waals surface area (Å²) in [6, 6.07) is 9.25. The van der Waals surface area contributed by atoms with Crippen molar-refractivity contribution < 1.29 is 26.4 Å². The zero-order valence-corrected chi connectivity index (χ0v) is 18.8. The van der Waals surface area contributed by atoms with E-state index in [1.807, 2.05) is 0 Å². The van der Waals surface area contributed by atoms with Gasteiger partial charge < -0.3 is 5.32 Å². The molecule has 1 amide bonds. The van der Waals surface area contributed by atoms with E-state index in [9.17, 15) is 26.4 Å². The summed E-state index contributed by atoms with van der Waals surface area (Å²) >= 11 is 5.64. The van der Waals surface area contributed by atoms with Gasteiger partial charge >= 0.3 is 6.18 Å². The maximum Gasteiger partial charge on any atom is 0.418 e. The Bertz CT molecular complexity index is 1050. The number of alkyl halides is 3. The van der Waals surface area contributed by atoms with E-state index >= 15 is 0 Å². The van der Waals surface area contributed by atoms with E-state index < -0.39 is 27.7 Å². The quantitative estimate of drug-likeness (QED) is 0.537. The highest BCUT2D eigenvalue weighted by Gasteiger charge is 2.34. The summed E-state index contributed by atoms with van der Waals surface area (Å²) in [6.07, 6.45) is 0.329. The third kappa shape index (κ3) is 6.70. The second-order valence-corrected chi connectivity index (χ2v) is 9.99. The van der Waals surface area contributed by atoms with Gasteiger partial charge in [0.15, 0.2) is 0 Å². The minimum Gasteiger partial charge on any atom is -0.325 e. The molecule has 1 aliphatic carbocycles. The van der Waals surface area contributed by atoms with Gasteiger partial charge in [0.25, 0.3) is 0 Å². The van der Waals surface area contributed by atoms with Crippen molar-refractivity contribution in [1.29, 1.82) is 0 Å². The van der Waals surface area contributed by atoms with Crippen LogP contribution in [0.25, 0.3) is 0 Å². The van der Waals surface area contributed by atoms with E-state index in [4.69, 9.17) is 11.6 Å². The highest BCUT2D eigenvalue weighted by Crippen LogP contribution is 2.36. The van der Waals surface area contributed by atoms with Crippen LogP contribution in [0.15, 0.2) is 47.4 Å². The molecule has 0 radical (unpaired) electrons. The molecule has 2 aromatic carbocycles. The number of nitrogens with one attached hydrogen (secondary N) is 2. The molecule has 0 aromatic heterocycles. The second-order valence-electron chi connectivity index (χ2n) is 7.84. The molecule has 1 aliphatic rings. The lowest BCUT2D eigenvalue weighted by Gasteiger charge is -2.22.